The van der Waals surface area contributed by atoms with Gasteiger partial charge in [-0.15, -0.1) is 0 Å². The first-order valence-corrected chi connectivity index (χ1v) is 8.80. The van der Waals surface area contributed by atoms with Gasteiger partial charge in [0.15, 0.2) is 0 Å². The second-order valence-corrected chi connectivity index (χ2v) is 6.17. The van der Waals surface area contributed by atoms with Crippen molar-refractivity contribution in [3.05, 3.63) is 60.6 Å². The molecule has 2 aromatic heterocycles. The number of benzene rings is 2. The Balaban J connectivity index is 1.99. The average Bonchev–Trinajstić information content (AvgIpc) is 3.17. The number of hydrogen-bond donors (Lipinski definition) is 1. The highest BCUT2D eigenvalue weighted by molar-refractivity contribution is 5.96. The molecule has 4 rings (SSSR count). The summed E-state index contributed by atoms with van der Waals surface area (Å²) in [7, 11) is 1.58. The molecule has 2 aromatic carbocycles. The summed E-state index contributed by atoms with van der Waals surface area (Å²) in [6.45, 7) is 2.70. The first-order chi connectivity index (χ1) is 13.2. The third kappa shape index (κ3) is 3.04. The van der Waals surface area contributed by atoms with Crippen LogP contribution < -0.4 is 4.74 Å². The van der Waals surface area contributed by atoms with Gasteiger partial charge in [0.25, 0.3) is 0 Å². The van der Waals surface area contributed by atoms with Crippen LogP contribution in [0.4, 0.5) is 0 Å². The molecule has 0 atom stereocenters. The molecule has 0 saturated heterocycles. The number of fused-ring (bicyclic) bond motifs is 1. The molecule has 136 valence electrons. The van der Waals surface area contributed by atoms with Crippen LogP contribution in [0.2, 0.25) is 0 Å². The zero-order valence-corrected chi connectivity index (χ0v) is 15.3. The third-order valence-corrected chi connectivity index (χ3v) is 4.60. The van der Waals surface area contributed by atoms with Crippen LogP contribution in [0.3, 0.4) is 0 Å². The molecule has 0 aliphatic carbocycles. The van der Waals surface area contributed by atoms with E-state index in [1.165, 1.54) is 0 Å². The first-order valence-electron chi connectivity index (χ1n) is 8.80. The summed E-state index contributed by atoms with van der Waals surface area (Å²) in [5.41, 5.74) is 5.09. The molecule has 0 saturated carbocycles. The van der Waals surface area contributed by atoms with Gasteiger partial charge in [0.1, 0.15) is 17.8 Å². The molecular formula is C21H20N4O2. The summed E-state index contributed by atoms with van der Waals surface area (Å²) in [4.78, 5) is 8.94. The third-order valence-electron chi connectivity index (χ3n) is 4.60. The highest BCUT2D eigenvalue weighted by Crippen LogP contribution is 2.35. The van der Waals surface area contributed by atoms with Crippen LogP contribution in [-0.2, 0) is 13.2 Å². The Morgan fingerprint density at radius 3 is 2.59 bits per heavy atom. The Bertz CT molecular complexity index is 1090. The number of aliphatic hydroxyl groups is 1. The number of rotatable bonds is 5. The number of methoxy groups -OCH3 is 1. The molecule has 0 radical (unpaired) electrons. The molecule has 0 amide bonds. The standard InChI is InChI=1S/C21H20N4O2/c1-3-25-11-17(20(24-25)14-7-5-4-6-8-14)21-16-9-15(12-26)19(27-2)10-18(16)22-13-23-21/h4-11,13,26H,3,12H2,1-2H3. The van der Waals surface area contributed by atoms with E-state index in [-0.39, 0.29) is 6.61 Å². The van der Waals surface area contributed by atoms with Crippen LogP contribution in [-0.4, -0.2) is 32.0 Å². The predicted molar refractivity (Wildman–Crippen MR) is 104 cm³/mol. The van der Waals surface area contributed by atoms with E-state index in [1.54, 1.807) is 13.4 Å². The van der Waals surface area contributed by atoms with Crippen LogP contribution in [0.15, 0.2) is 55.0 Å². The predicted octanol–water partition coefficient (Wildman–Crippen LogP) is 3.68. The summed E-state index contributed by atoms with van der Waals surface area (Å²) >= 11 is 0. The van der Waals surface area contributed by atoms with Crippen LogP contribution in [0.25, 0.3) is 33.4 Å². The lowest BCUT2D eigenvalue weighted by Crippen LogP contribution is -1.96. The monoisotopic (exact) mass is 360 g/mol. The van der Waals surface area contributed by atoms with Crippen molar-refractivity contribution in [3.63, 3.8) is 0 Å². The molecule has 4 aromatic rings. The maximum atomic E-state index is 9.71. The summed E-state index contributed by atoms with van der Waals surface area (Å²) < 4.78 is 7.27. The Morgan fingerprint density at radius 2 is 1.89 bits per heavy atom. The SMILES string of the molecule is CCn1cc(-c2ncnc3cc(OC)c(CO)cc23)c(-c2ccccc2)n1. The van der Waals surface area contributed by atoms with Gasteiger partial charge >= 0.3 is 0 Å². The fourth-order valence-electron chi connectivity index (χ4n) is 3.22. The van der Waals surface area contributed by atoms with Crippen molar-refractivity contribution >= 4 is 10.9 Å². The molecule has 0 spiro atoms. The van der Waals surface area contributed by atoms with Gasteiger partial charge in [0, 0.05) is 40.9 Å². The lowest BCUT2D eigenvalue weighted by atomic mass is 10.0. The van der Waals surface area contributed by atoms with Crippen LogP contribution in [0.5, 0.6) is 5.75 Å². The van der Waals surface area contributed by atoms with Crippen molar-refractivity contribution in [3.8, 4) is 28.3 Å². The van der Waals surface area contributed by atoms with E-state index in [0.717, 1.165) is 40.0 Å². The van der Waals surface area contributed by atoms with Crippen LogP contribution >= 0.6 is 0 Å². The molecule has 6 heteroatoms. The van der Waals surface area contributed by atoms with Gasteiger partial charge in [0.2, 0.25) is 0 Å². The topological polar surface area (TPSA) is 73.1 Å². The van der Waals surface area contributed by atoms with Crippen molar-refractivity contribution < 1.29 is 9.84 Å². The molecular weight excluding hydrogens is 340 g/mol. The zero-order chi connectivity index (χ0) is 18.8. The molecule has 0 aliphatic heterocycles. The number of aromatic nitrogens is 4. The summed E-state index contributed by atoms with van der Waals surface area (Å²) in [5.74, 6) is 0.613. The number of hydrogen-bond acceptors (Lipinski definition) is 5. The molecule has 0 unspecified atom stereocenters. The summed E-state index contributed by atoms with van der Waals surface area (Å²) in [5, 5.41) is 15.3. The van der Waals surface area contributed by atoms with E-state index in [9.17, 15) is 5.11 Å². The second kappa shape index (κ2) is 7.17. The van der Waals surface area contributed by atoms with Gasteiger partial charge in [-0.1, -0.05) is 30.3 Å². The van der Waals surface area contributed by atoms with Gasteiger partial charge in [0.05, 0.1) is 24.9 Å². The van der Waals surface area contributed by atoms with Crippen molar-refractivity contribution in [2.24, 2.45) is 0 Å². The van der Waals surface area contributed by atoms with E-state index in [0.29, 0.717) is 11.3 Å². The maximum absolute atomic E-state index is 9.71. The van der Waals surface area contributed by atoms with Crippen LogP contribution in [0.1, 0.15) is 12.5 Å². The first kappa shape index (κ1) is 17.2. The lowest BCUT2D eigenvalue weighted by molar-refractivity contribution is 0.274. The zero-order valence-electron chi connectivity index (χ0n) is 15.3. The molecule has 0 bridgehead atoms. The number of aryl methyl sites for hydroxylation is 1. The van der Waals surface area contributed by atoms with E-state index in [1.807, 2.05) is 53.3 Å². The smallest absolute Gasteiger partial charge is 0.126 e. The summed E-state index contributed by atoms with van der Waals surface area (Å²) in [6.07, 6.45) is 3.56. The number of nitrogens with zero attached hydrogens (tertiary/aromatic N) is 4. The van der Waals surface area contributed by atoms with Crippen LogP contribution in [0, 0.1) is 0 Å². The van der Waals surface area contributed by atoms with E-state index in [2.05, 4.69) is 16.9 Å². The number of aliphatic hydroxyl groups excluding tert-OH is 1. The van der Waals surface area contributed by atoms with Gasteiger partial charge in [-0.25, -0.2) is 9.97 Å². The van der Waals surface area contributed by atoms with E-state index in [4.69, 9.17) is 9.84 Å². The van der Waals surface area contributed by atoms with Crippen molar-refractivity contribution in [1.29, 1.82) is 0 Å². The Hall–Kier alpha value is -3.25. The summed E-state index contributed by atoms with van der Waals surface area (Å²) in [6, 6.07) is 13.8. The van der Waals surface area contributed by atoms with Gasteiger partial charge < -0.3 is 9.84 Å². The van der Waals surface area contributed by atoms with Crippen molar-refractivity contribution in [2.75, 3.05) is 7.11 Å². The molecule has 0 fully saturated rings. The lowest BCUT2D eigenvalue weighted by Gasteiger charge is -2.10. The minimum absolute atomic E-state index is 0.118. The van der Waals surface area contributed by atoms with E-state index < -0.39 is 0 Å². The fourth-order valence-corrected chi connectivity index (χ4v) is 3.22. The highest BCUT2D eigenvalue weighted by Gasteiger charge is 2.18. The van der Waals surface area contributed by atoms with Gasteiger partial charge in [-0.3, -0.25) is 4.68 Å². The largest absolute Gasteiger partial charge is 0.496 e. The minimum atomic E-state index is -0.118. The van der Waals surface area contributed by atoms with Gasteiger partial charge in [-0.2, -0.15) is 5.10 Å². The number of ether oxygens (including phenoxy) is 1. The normalized spacial score (nSPS) is 11.1. The van der Waals surface area contributed by atoms with E-state index >= 15 is 0 Å². The quantitative estimate of drug-likeness (QED) is 0.588. The molecule has 27 heavy (non-hydrogen) atoms. The molecule has 1 N–H and O–H groups in total. The molecule has 0 aliphatic rings. The Labute approximate surface area is 157 Å². The Morgan fingerprint density at radius 1 is 1.07 bits per heavy atom. The van der Waals surface area contributed by atoms with Crippen molar-refractivity contribution in [2.45, 2.75) is 20.1 Å². The fraction of sp³-hybridized carbons (Fsp3) is 0.190. The minimum Gasteiger partial charge on any atom is -0.496 e. The molecule has 6 nitrogen and oxygen atoms in total. The van der Waals surface area contributed by atoms with Gasteiger partial charge in [-0.05, 0) is 13.0 Å². The van der Waals surface area contributed by atoms with Crippen molar-refractivity contribution in [1.82, 2.24) is 19.7 Å². The maximum Gasteiger partial charge on any atom is 0.126 e. The Kier molecular flexibility index (Phi) is 4.56. The molecule has 2 heterocycles. The second-order valence-electron chi connectivity index (χ2n) is 6.17. The average molecular weight is 360 g/mol. The highest BCUT2D eigenvalue weighted by atomic mass is 16.5.